The van der Waals surface area contributed by atoms with Gasteiger partial charge in [-0.25, -0.2) is 0 Å². The maximum Gasteiger partial charge on any atom is 0.269 e. The molecule has 26 heavy (non-hydrogen) atoms. The number of hydrogen-bond acceptors (Lipinski definition) is 6. The first-order valence-electron chi connectivity index (χ1n) is 9.53. The van der Waals surface area contributed by atoms with Gasteiger partial charge in [0, 0.05) is 55.7 Å². The van der Waals surface area contributed by atoms with Crippen LogP contribution in [-0.2, 0) is 11.3 Å². The van der Waals surface area contributed by atoms with Crippen molar-refractivity contribution < 1.29 is 14.8 Å². The van der Waals surface area contributed by atoms with Crippen molar-refractivity contribution in [3.8, 4) is 0 Å². The highest BCUT2D eigenvalue weighted by Crippen LogP contribution is 2.28. The van der Waals surface area contributed by atoms with E-state index in [9.17, 15) is 15.2 Å². The summed E-state index contributed by atoms with van der Waals surface area (Å²) < 4.78 is 5.20. The van der Waals surface area contributed by atoms with E-state index in [4.69, 9.17) is 4.74 Å². The molecule has 7 nitrogen and oxygen atoms in total. The maximum absolute atomic E-state index is 11.0. The number of nitro groups is 1. The van der Waals surface area contributed by atoms with Gasteiger partial charge in [-0.3, -0.25) is 15.0 Å². The average Bonchev–Trinajstić information content (AvgIpc) is 2.64. The van der Waals surface area contributed by atoms with Gasteiger partial charge in [0.05, 0.1) is 17.6 Å². The van der Waals surface area contributed by atoms with Crippen molar-refractivity contribution in [2.24, 2.45) is 0 Å². The molecule has 1 saturated heterocycles. The van der Waals surface area contributed by atoms with Gasteiger partial charge in [0.15, 0.2) is 0 Å². The minimum Gasteiger partial charge on any atom is -0.391 e. The second kappa shape index (κ2) is 8.79. The number of aliphatic hydroxyl groups excluding tert-OH is 1. The zero-order chi connectivity index (χ0) is 18.5. The van der Waals surface area contributed by atoms with Crippen LogP contribution in [0.5, 0.6) is 0 Å². The standard InChI is InChI=1S/C19H29N3O4/c1-26-13-14-12-16(22(24)25)6-7-17(14)20-15-8-10-21(11-9-15)18-4-2-3-5-19(18)23/h6-7,12,15,18-20,23H,2-5,8-11,13H2,1H3. The van der Waals surface area contributed by atoms with Crippen LogP contribution in [0.25, 0.3) is 0 Å². The number of benzene rings is 1. The monoisotopic (exact) mass is 363 g/mol. The maximum atomic E-state index is 11.0. The van der Waals surface area contributed by atoms with Crippen molar-refractivity contribution in [2.75, 3.05) is 25.5 Å². The van der Waals surface area contributed by atoms with Gasteiger partial charge in [-0.1, -0.05) is 12.8 Å². The number of methoxy groups -OCH3 is 1. The highest BCUT2D eigenvalue weighted by molar-refractivity contribution is 5.56. The summed E-state index contributed by atoms with van der Waals surface area (Å²) in [5.74, 6) is 0. The lowest BCUT2D eigenvalue weighted by Crippen LogP contribution is -2.50. The minimum absolute atomic E-state index is 0.0868. The van der Waals surface area contributed by atoms with Crippen molar-refractivity contribution in [3.05, 3.63) is 33.9 Å². The van der Waals surface area contributed by atoms with Crippen LogP contribution in [0.3, 0.4) is 0 Å². The molecule has 1 aromatic carbocycles. The minimum atomic E-state index is -0.378. The number of anilines is 1. The summed E-state index contributed by atoms with van der Waals surface area (Å²) in [6.07, 6.45) is 6.20. The van der Waals surface area contributed by atoms with Crippen LogP contribution in [-0.4, -0.2) is 53.3 Å². The van der Waals surface area contributed by atoms with Gasteiger partial charge >= 0.3 is 0 Å². The molecule has 7 heteroatoms. The molecule has 0 aromatic heterocycles. The third kappa shape index (κ3) is 4.52. The van der Waals surface area contributed by atoms with Gasteiger partial charge in [-0.15, -0.1) is 0 Å². The quantitative estimate of drug-likeness (QED) is 0.597. The summed E-state index contributed by atoms with van der Waals surface area (Å²) >= 11 is 0. The van der Waals surface area contributed by atoms with Gasteiger partial charge in [-0.2, -0.15) is 0 Å². The topological polar surface area (TPSA) is 87.9 Å². The van der Waals surface area contributed by atoms with Gasteiger partial charge in [0.2, 0.25) is 0 Å². The molecule has 2 fully saturated rings. The molecular weight excluding hydrogens is 334 g/mol. The molecule has 0 radical (unpaired) electrons. The predicted molar refractivity (Wildman–Crippen MR) is 100 cm³/mol. The van der Waals surface area contributed by atoms with Crippen LogP contribution in [0, 0.1) is 10.1 Å². The molecule has 1 aliphatic carbocycles. The number of nitrogens with one attached hydrogen (secondary N) is 1. The fraction of sp³-hybridized carbons (Fsp3) is 0.684. The number of rotatable bonds is 6. The number of piperidine rings is 1. The zero-order valence-electron chi connectivity index (χ0n) is 15.4. The van der Waals surface area contributed by atoms with Crippen LogP contribution in [0.15, 0.2) is 18.2 Å². The fourth-order valence-electron chi connectivity index (χ4n) is 4.22. The number of aliphatic hydroxyl groups is 1. The van der Waals surface area contributed by atoms with E-state index in [-0.39, 0.29) is 16.7 Å². The van der Waals surface area contributed by atoms with Gasteiger partial charge < -0.3 is 15.2 Å². The number of nitro benzene ring substituents is 1. The number of ether oxygens (including phenoxy) is 1. The van der Waals surface area contributed by atoms with E-state index in [1.54, 1.807) is 19.2 Å². The summed E-state index contributed by atoms with van der Waals surface area (Å²) in [5, 5.41) is 24.8. The normalized spacial score (nSPS) is 25.2. The second-order valence-corrected chi connectivity index (χ2v) is 7.41. The molecule has 3 rings (SSSR count). The van der Waals surface area contributed by atoms with Crippen LogP contribution in [0.2, 0.25) is 0 Å². The molecule has 2 unspecified atom stereocenters. The molecule has 0 spiro atoms. The van der Waals surface area contributed by atoms with Crippen molar-refractivity contribution in [3.63, 3.8) is 0 Å². The fourth-order valence-corrected chi connectivity index (χ4v) is 4.22. The molecule has 2 N–H and O–H groups in total. The van der Waals surface area contributed by atoms with Crippen molar-refractivity contribution >= 4 is 11.4 Å². The number of non-ortho nitro benzene ring substituents is 1. The lowest BCUT2D eigenvalue weighted by Gasteiger charge is -2.42. The Hall–Kier alpha value is -1.70. The summed E-state index contributed by atoms with van der Waals surface area (Å²) in [5.41, 5.74) is 1.81. The molecule has 1 aromatic rings. The molecule has 2 atom stereocenters. The largest absolute Gasteiger partial charge is 0.391 e. The zero-order valence-corrected chi connectivity index (χ0v) is 15.4. The summed E-state index contributed by atoms with van der Waals surface area (Å²) in [4.78, 5) is 13.1. The van der Waals surface area contributed by atoms with E-state index >= 15 is 0 Å². The van der Waals surface area contributed by atoms with E-state index in [1.807, 2.05) is 0 Å². The lowest BCUT2D eigenvalue weighted by molar-refractivity contribution is -0.384. The Kier molecular flexibility index (Phi) is 6.45. The molecule has 1 saturated carbocycles. The molecule has 2 aliphatic rings. The number of nitrogens with zero attached hydrogens (tertiary/aromatic N) is 2. The Labute approximate surface area is 154 Å². The van der Waals surface area contributed by atoms with E-state index in [2.05, 4.69) is 10.2 Å². The van der Waals surface area contributed by atoms with Crippen molar-refractivity contribution in [2.45, 2.75) is 63.3 Å². The summed E-state index contributed by atoms with van der Waals surface area (Å²) in [6, 6.07) is 5.55. The van der Waals surface area contributed by atoms with Gasteiger partial charge in [0.25, 0.3) is 5.69 Å². The van der Waals surface area contributed by atoms with Crippen LogP contribution in [0.4, 0.5) is 11.4 Å². The highest BCUT2D eigenvalue weighted by Gasteiger charge is 2.31. The van der Waals surface area contributed by atoms with Crippen molar-refractivity contribution in [1.29, 1.82) is 0 Å². The first-order chi connectivity index (χ1) is 12.6. The van der Waals surface area contributed by atoms with E-state index in [0.29, 0.717) is 18.7 Å². The molecular formula is C19H29N3O4. The summed E-state index contributed by atoms with van der Waals surface area (Å²) in [6.45, 7) is 2.30. The Morgan fingerprint density at radius 2 is 2.00 bits per heavy atom. The molecule has 0 amide bonds. The Bertz CT molecular complexity index is 617. The Morgan fingerprint density at radius 1 is 1.27 bits per heavy atom. The summed E-state index contributed by atoms with van der Waals surface area (Å²) in [7, 11) is 1.59. The van der Waals surface area contributed by atoms with Crippen LogP contribution < -0.4 is 5.32 Å². The van der Waals surface area contributed by atoms with E-state index in [0.717, 1.165) is 56.4 Å². The molecule has 144 valence electrons. The van der Waals surface area contributed by atoms with Crippen LogP contribution >= 0.6 is 0 Å². The third-order valence-electron chi connectivity index (χ3n) is 5.65. The SMILES string of the molecule is COCc1cc([N+](=O)[O-])ccc1NC1CCN(C2CCCCC2O)CC1. The molecule has 1 aliphatic heterocycles. The van der Waals surface area contributed by atoms with E-state index in [1.165, 1.54) is 12.5 Å². The molecule has 0 bridgehead atoms. The first kappa shape index (κ1) is 19.1. The van der Waals surface area contributed by atoms with Gasteiger partial charge in [-0.05, 0) is 31.7 Å². The predicted octanol–water partition coefficient (Wildman–Crippen LogP) is 2.92. The van der Waals surface area contributed by atoms with Crippen molar-refractivity contribution in [1.82, 2.24) is 4.90 Å². The Morgan fingerprint density at radius 3 is 2.65 bits per heavy atom. The van der Waals surface area contributed by atoms with Crippen LogP contribution in [0.1, 0.15) is 44.1 Å². The third-order valence-corrected chi connectivity index (χ3v) is 5.65. The Balaban J connectivity index is 1.59. The number of likely N-dealkylation sites (tertiary alicyclic amines) is 1. The highest BCUT2D eigenvalue weighted by atomic mass is 16.6. The molecule has 1 heterocycles. The first-order valence-corrected chi connectivity index (χ1v) is 9.53. The lowest BCUT2D eigenvalue weighted by atomic mass is 9.89. The average molecular weight is 363 g/mol. The second-order valence-electron chi connectivity index (χ2n) is 7.41. The smallest absolute Gasteiger partial charge is 0.269 e. The van der Waals surface area contributed by atoms with Gasteiger partial charge in [0.1, 0.15) is 0 Å². The van der Waals surface area contributed by atoms with E-state index < -0.39 is 0 Å². The number of hydrogen-bond donors (Lipinski definition) is 2.